The molecule has 5 rings (SSSR count). The topological polar surface area (TPSA) is 60.0 Å². The van der Waals surface area contributed by atoms with Crippen LogP contribution in [0.1, 0.15) is 92.9 Å². The van der Waals surface area contributed by atoms with Crippen LogP contribution in [0.3, 0.4) is 0 Å². The first-order valence-corrected chi connectivity index (χ1v) is 16.4. The minimum atomic E-state index is -2.49. The highest BCUT2D eigenvalue weighted by Gasteiger charge is 2.31. The number of rotatable bonds is 17. The SMILES string of the molecule is COc1ccc(C2CC(=O)N(CCCCCNCCC(Oc3ccc(C(F)F)cc3)c3ccccc3)C2)cc1OC1CCCC1. The molecule has 1 saturated heterocycles. The number of benzene rings is 3. The summed E-state index contributed by atoms with van der Waals surface area (Å²) in [5.41, 5.74) is 2.19. The van der Waals surface area contributed by atoms with Gasteiger partial charge in [0.05, 0.1) is 13.2 Å². The number of hydrogen-bond donors (Lipinski definition) is 1. The molecule has 1 saturated carbocycles. The smallest absolute Gasteiger partial charge is 0.263 e. The molecule has 0 radical (unpaired) electrons. The predicted molar refractivity (Wildman–Crippen MR) is 172 cm³/mol. The lowest BCUT2D eigenvalue weighted by atomic mass is 9.98. The number of carbonyl (C=O) groups excluding carboxylic acids is 1. The number of methoxy groups -OCH3 is 1. The first-order valence-electron chi connectivity index (χ1n) is 16.4. The highest BCUT2D eigenvalue weighted by atomic mass is 19.3. The molecule has 2 unspecified atom stereocenters. The van der Waals surface area contributed by atoms with Crippen LogP contribution in [0.2, 0.25) is 0 Å². The summed E-state index contributed by atoms with van der Waals surface area (Å²) >= 11 is 0. The molecular formula is C37H46F2N2O4. The molecule has 1 aliphatic heterocycles. The molecule has 1 heterocycles. The van der Waals surface area contributed by atoms with E-state index in [-0.39, 0.29) is 29.6 Å². The van der Waals surface area contributed by atoms with Crippen LogP contribution in [0.15, 0.2) is 72.8 Å². The maximum absolute atomic E-state index is 12.9. The van der Waals surface area contributed by atoms with Gasteiger partial charge in [0, 0.05) is 37.4 Å². The van der Waals surface area contributed by atoms with Gasteiger partial charge in [0.2, 0.25) is 5.91 Å². The molecule has 0 bridgehead atoms. The Morgan fingerprint density at radius 1 is 0.889 bits per heavy atom. The average Bonchev–Trinajstić information content (AvgIpc) is 3.71. The van der Waals surface area contributed by atoms with E-state index in [9.17, 15) is 13.6 Å². The van der Waals surface area contributed by atoms with Gasteiger partial charge in [-0.15, -0.1) is 0 Å². The summed E-state index contributed by atoms with van der Waals surface area (Å²) in [6.07, 6.45) is 6.51. The van der Waals surface area contributed by atoms with Gasteiger partial charge in [-0.25, -0.2) is 8.78 Å². The molecule has 2 atom stereocenters. The van der Waals surface area contributed by atoms with E-state index in [0.717, 1.165) is 87.3 Å². The number of nitrogens with one attached hydrogen (secondary N) is 1. The van der Waals surface area contributed by atoms with Crippen LogP contribution in [-0.2, 0) is 4.79 Å². The Hall–Kier alpha value is -3.65. The minimum absolute atomic E-state index is 0.00936. The molecule has 0 aromatic heterocycles. The molecule has 1 amide bonds. The Labute approximate surface area is 266 Å². The highest BCUT2D eigenvalue weighted by Crippen LogP contribution is 2.37. The molecule has 3 aromatic carbocycles. The number of halogens is 2. The molecule has 242 valence electrons. The monoisotopic (exact) mass is 620 g/mol. The van der Waals surface area contributed by atoms with Crippen molar-refractivity contribution in [2.75, 3.05) is 33.3 Å². The average molecular weight is 621 g/mol. The van der Waals surface area contributed by atoms with E-state index >= 15 is 0 Å². The predicted octanol–water partition coefficient (Wildman–Crippen LogP) is 8.24. The number of likely N-dealkylation sites (tertiary alicyclic amines) is 1. The summed E-state index contributed by atoms with van der Waals surface area (Å²) in [5.74, 6) is 2.54. The van der Waals surface area contributed by atoms with Gasteiger partial charge in [-0.2, -0.15) is 0 Å². The molecule has 3 aromatic rings. The van der Waals surface area contributed by atoms with Gasteiger partial charge < -0.3 is 24.4 Å². The number of nitrogens with zero attached hydrogens (tertiary/aromatic N) is 1. The molecule has 2 fully saturated rings. The number of alkyl halides is 2. The Morgan fingerprint density at radius 2 is 1.67 bits per heavy atom. The standard InChI is InChI=1S/C37H46F2N2O4/c1-43-34-19-16-29(24-35(34)45-31-12-6-7-13-31)30-25-36(42)41(26-30)23-9-3-8-21-40-22-20-33(27-10-4-2-5-11-27)44-32-17-14-28(15-18-32)37(38)39/h2,4-5,10-11,14-19,24,30-31,33,37,40H,3,6-9,12-13,20-23,25-26H2,1H3. The first kappa shape index (κ1) is 32.7. The summed E-state index contributed by atoms with van der Waals surface area (Å²) in [5, 5.41) is 3.52. The van der Waals surface area contributed by atoms with Crippen LogP contribution in [0, 0.1) is 0 Å². The second-order valence-electron chi connectivity index (χ2n) is 12.2. The molecular weight excluding hydrogens is 574 g/mol. The van der Waals surface area contributed by atoms with Gasteiger partial charge in [-0.3, -0.25) is 4.79 Å². The Balaban J connectivity index is 1.01. The quantitative estimate of drug-likeness (QED) is 0.154. The fourth-order valence-corrected chi connectivity index (χ4v) is 6.34. The second-order valence-corrected chi connectivity index (χ2v) is 12.2. The van der Waals surface area contributed by atoms with E-state index in [1.165, 1.54) is 25.0 Å². The van der Waals surface area contributed by atoms with E-state index in [4.69, 9.17) is 14.2 Å². The third-order valence-electron chi connectivity index (χ3n) is 8.92. The van der Waals surface area contributed by atoms with Crippen molar-refractivity contribution in [2.45, 2.75) is 82.3 Å². The van der Waals surface area contributed by atoms with Crippen molar-refractivity contribution in [3.05, 3.63) is 89.5 Å². The van der Waals surface area contributed by atoms with Crippen LogP contribution in [0.25, 0.3) is 0 Å². The first-order chi connectivity index (χ1) is 22.0. The molecule has 1 aliphatic carbocycles. The largest absolute Gasteiger partial charge is 0.493 e. The van der Waals surface area contributed by atoms with Crippen LogP contribution < -0.4 is 19.5 Å². The number of ether oxygens (including phenoxy) is 3. The van der Waals surface area contributed by atoms with Crippen LogP contribution in [-0.4, -0.2) is 50.2 Å². The fourth-order valence-electron chi connectivity index (χ4n) is 6.34. The zero-order valence-electron chi connectivity index (χ0n) is 26.3. The summed E-state index contributed by atoms with van der Waals surface area (Å²) < 4.78 is 43.9. The van der Waals surface area contributed by atoms with Gasteiger partial charge in [0.1, 0.15) is 11.9 Å². The van der Waals surface area contributed by atoms with E-state index in [0.29, 0.717) is 12.2 Å². The van der Waals surface area contributed by atoms with Crippen molar-refractivity contribution >= 4 is 5.91 Å². The van der Waals surface area contributed by atoms with Crippen molar-refractivity contribution in [2.24, 2.45) is 0 Å². The lowest BCUT2D eigenvalue weighted by molar-refractivity contribution is -0.127. The van der Waals surface area contributed by atoms with Crippen LogP contribution >= 0.6 is 0 Å². The van der Waals surface area contributed by atoms with Gasteiger partial charge in [0.15, 0.2) is 11.5 Å². The van der Waals surface area contributed by atoms with Gasteiger partial charge in [-0.05, 0) is 99.1 Å². The zero-order valence-corrected chi connectivity index (χ0v) is 26.3. The molecule has 1 N–H and O–H groups in total. The lowest BCUT2D eigenvalue weighted by Crippen LogP contribution is -2.26. The molecule has 6 nitrogen and oxygen atoms in total. The Kier molecular flexibility index (Phi) is 12.1. The maximum Gasteiger partial charge on any atom is 0.263 e. The molecule has 8 heteroatoms. The van der Waals surface area contributed by atoms with Crippen molar-refractivity contribution < 1.29 is 27.8 Å². The van der Waals surface area contributed by atoms with Crippen molar-refractivity contribution in [3.63, 3.8) is 0 Å². The normalized spacial score (nSPS) is 17.6. The van der Waals surface area contributed by atoms with Crippen LogP contribution in [0.4, 0.5) is 8.78 Å². The molecule has 0 spiro atoms. The Morgan fingerprint density at radius 3 is 2.40 bits per heavy atom. The number of amides is 1. The maximum atomic E-state index is 12.9. The van der Waals surface area contributed by atoms with E-state index in [2.05, 4.69) is 17.4 Å². The van der Waals surface area contributed by atoms with E-state index in [1.54, 1.807) is 19.2 Å². The summed E-state index contributed by atoms with van der Waals surface area (Å²) in [6, 6.07) is 22.2. The Bertz CT molecular complexity index is 1330. The van der Waals surface area contributed by atoms with E-state index in [1.807, 2.05) is 41.3 Å². The fraction of sp³-hybridized carbons (Fsp3) is 0.486. The number of hydrogen-bond acceptors (Lipinski definition) is 5. The van der Waals surface area contributed by atoms with E-state index < -0.39 is 6.43 Å². The highest BCUT2D eigenvalue weighted by molar-refractivity contribution is 5.79. The van der Waals surface area contributed by atoms with Crippen molar-refractivity contribution in [1.29, 1.82) is 0 Å². The zero-order chi connectivity index (χ0) is 31.4. The summed E-state index contributed by atoms with van der Waals surface area (Å²) in [7, 11) is 1.67. The minimum Gasteiger partial charge on any atom is -0.493 e. The van der Waals surface area contributed by atoms with Crippen LogP contribution in [0.5, 0.6) is 17.2 Å². The number of unbranched alkanes of at least 4 members (excludes halogenated alkanes) is 2. The van der Waals surface area contributed by atoms with Gasteiger partial charge >= 0.3 is 0 Å². The van der Waals surface area contributed by atoms with Crippen molar-refractivity contribution in [1.82, 2.24) is 10.2 Å². The molecule has 2 aliphatic rings. The summed E-state index contributed by atoms with van der Waals surface area (Å²) in [6.45, 7) is 3.19. The number of carbonyl (C=O) groups is 1. The van der Waals surface area contributed by atoms with Crippen molar-refractivity contribution in [3.8, 4) is 17.2 Å². The third-order valence-corrected chi connectivity index (χ3v) is 8.92. The lowest BCUT2D eigenvalue weighted by Gasteiger charge is -2.20. The summed E-state index contributed by atoms with van der Waals surface area (Å²) in [4.78, 5) is 14.8. The van der Waals surface area contributed by atoms with Gasteiger partial charge in [-0.1, -0.05) is 42.8 Å². The molecule has 45 heavy (non-hydrogen) atoms. The third kappa shape index (κ3) is 9.42. The van der Waals surface area contributed by atoms with Gasteiger partial charge in [0.25, 0.3) is 6.43 Å². The second kappa shape index (κ2) is 16.6.